The fourth-order valence-corrected chi connectivity index (χ4v) is 2.43. The summed E-state index contributed by atoms with van der Waals surface area (Å²) in [7, 11) is 0. The van der Waals surface area contributed by atoms with E-state index < -0.39 is 0 Å². The van der Waals surface area contributed by atoms with Gasteiger partial charge in [0.15, 0.2) is 0 Å². The maximum absolute atomic E-state index is 12.1. The molecule has 0 spiro atoms. The van der Waals surface area contributed by atoms with Crippen LogP contribution in [0.15, 0.2) is 24.3 Å². The quantitative estimate of drug-likeness (QED) is 0.861. The van der Waals surface area contributed by atoms with Crippen LogP contribution in [0.5, 0.6) is 0 Å². The molecular weight excluding hydrogens is 224 g/mol. The number of aryl methyl sites for hydroxylation is 1. The Labute approximate surface area is 109 Å². The average Bonchev–Trinajstić information content (AvgIpc) is 2.41. The third-order valence-corrected chi connectivity index (χ3v) is 3.73. The molecule has 2 atom stereocenters. The molecule has 3 heteroatoms. The summed E-state index contributed by atoms with van der Waals surface area (Å²) in [4.78, 5) is 12.1. The van der Waals surface area contributed by atoms with E-state index in [9.17, 15) is 4.79 Å². The zero-order chi connectivity index (χ0) is 13.0. The molecule has 98 valence electrons. The lowest BCUT2D eigenvalue weighted by Gasteiger charge is -2.28. The fourth-order valence-electron chi connectivity index (χ4n) is 2.43. The number of carbonyl (C=O) groups excluding carboxylic acids is 1. The Bertz CT molecular complexity index is 399. The van der Waals surface area contributed by atoms with Gasteiger partial charge in [-0.05, 0) is 44.4 Å². The minimum absolute atomic E-state index is 0.0370. The van der Waals surface area contributed by atoms with Crippen LogP contribution in [0.4, 0.5) is 5.69 Å². The van der Waals surface area contributed by atoms with E-state index in [-0.39, 0.29) is 11.9 Å². The molecule has 1 fully saturated rings. The monoisotopic (exact) mass is 246 g/mol. The Morgan fingerprint density at radius 3 is 2.78 bits per heavy atom. The summed E-state index contributed by atoms with van der Waals surface area (Å²) in [5.74, 6) is 0.775. The Kier molecular flexibility index (Phi) is 4.37. The largest absolute Gasteiger partial charge is 0.325 e. The third kappa shape index (κ3) is 3.33. The first-order chi connectivity index (χ1) is 8.69. The van der Waals surface area contributed by atoms with Crippen molar-refractivity contribution in [2.24, 2.45) is 5.92 Å². The van der Waals surface area contributed by atoms with Crippen LogP contribution in [0.3, 0.4) is 0 Å². The second-order valence-electron chi connectivity index (χ2n) is 5.16. The first-order valence-electron chi connectivity index (χ1n) is 6.80. The van der Waals surface area contributed by atoms with Gasteiger partial charge in [0.1, 0.15) is 0 Å². The molecule has 2 rings (SSSR count). The van der Waals surface area contributed by atoms with Crippen molar-refractivity contribution in [1.29, 1.82) is 0 Å². The first kappa shape index (κ1) is 13.1. The van der Waals surface area contributed by atoms with E-state index in [1.165, 1.54) is 12.0 Å². The van der Waals surface area contributed by atoms with E-state index >= 15 is 0 Å². The molecule has 0 aliphatic carbocycles. The lowest BCUT2D eigenvalue weighted by atomic mass is 9.90. The highest BCUT2D eigenvalue weighted by molar-refractivity contribution is 5.94. The Balaban J connectivity index is 1.93. The predicted molar refractivity (Wildman–Crippen MR) is 74.6 cm³/mol. The molecule has 3 nitrogen and oxygen atoms in total. The summed E-state index contributed by atoms with van der Waals surface area (Å²) < 4.78 is 0. The van der Waals surface area contributed by atoms with Gasteiger partial charge >= 0.3 is 0 Å². The zero-order valence-corrected chi connectivity index (χ0v) is 11.2. The van der Waals surface area contributed by atoms with Gasteiger partial charge in [0.05, 0.1) is 6.04 Å². The summed E-state index contributed by atoms with van der Waals surface area (Å²) in [6, 6.07) is 7.89. The smallest absolute Gasteiger partial charge is 0.241 e. The topological polar surface area (TPSA) is 41.1 Å². The number of hydrogen-bond donors (Lipinski definition) is 2. The lowest BCUT2D eigenvalue weighted by molar-refractivity contribution is -0.119. The summed E-state index contributed by atoms with van der Waals surface area (Å²) in [5, 5.41) is 6.28. The molecule has 1 saturated heterocycles. The van der Waals surface area contributed by atoms with Crippen LogP contribution in [0.2, 0.25) is 0 Å². The van der Waals surface area contributed by atoms with Crippen molar-refractivity contribution in [3.63, 3.8) is 0 Å². The molecule has 1 amide bonds. The van der Waals surface area contributed by atoms with E-state index in [2.05, 4.69) is 17.6 Å². The Morgan fingerprint density at radius 1 is 1.39 bits per heavy atom. The van der Waals surface area contributed by atoms with Crippen molar-refractivity contribution in [1.82, 2.24) is 5.32 Å². The average molecular weight is 246 g/mol. The molecule has 1 aromatic carbocycles. The van der Waals surface area contributed by atoms with Crippen molar-refractivity contribution in [3.05, 3.63) is 29.8 Å². The van der Waals surface area contributed by atoms with Gasteiger partial charge in [-0.1, -0.05) is 31.0 Å². The normalized spacial score (nSPS) is 23.7. The molecule has 2 N–H and O–H groups in total. The van der Waals surface area contributed by atoms with Crippen LogP contribution < -0.4 is 10.6 Å². The van der Waals surface area contributed by atoms with Gasteiger partial charge in [0.2, 0.25) is 5.91 Å². The number of rotatable bonds is 3. The van der Waals surface area contributed by atoms with Crippen molar-refractivity contribution in [3.8, 4) is 0 Å². The number of nitrogens with one attached hydrogen (secondary N) is 2. The number of carbonyl (C=O) groups is 1. The zero-order valence-electron chi connectivity index (χ0n) is 11.2. The highest BCUT2D eigenvalue weighted by Gasteiger charge is 2.25. The minimum atomic E-state index is -0.0370. The van der Waals surface area contributed by atoms with Gasteiger partial charge in [-0.15, -0.1) is 0 Å². The molecule has 0 bridgehead atoms. The van der Waals surface area contributed by atoms with E-state index in [0.29, 0.717) is 5.92 Å². The van der Waals surface area contributed by atoms with Crippen LogP contribution in [0.25, 0.3) is 0 Å². The van der Waals surface area contributed by atoms with Crippen LogP contribution >= 0.6 is 0 Å². The van der Waals surface area contributed by atoms with Gasteiger partial charge < -0.3 is 10.6 Å². The predicted octanol–water partition coefficient (Wildman–Crippen LogP) is 2.71. The maximum Gasteiger partial charge on any atom is 0.241 e. The summed E-state index contributed by atoms with van der Waals surface area (Å²) >= 11 is 0. The highest BCUT2D eigenvalue weighted by Crippen LogP contribution is 2.20. The second kappa shape index (κ2) is 6.01. The standard InChI is InChI=1S/C15H22N2O/c1-3-12-8-9-16-14(10-12)15(18)17-13-6-4-11(2)5-7-13/h4-7,12,14,16H,3,8-10H2,1-2H3,(H,17,18). The van der Waals surface area contributed by atoms with Crippen LogP contribution in [-0.4, -0.2) is 18.5 Å². The molecule has 2 unspecified atom stereocenters. The summed E-state index contributed by atoms with van der Waals surface area (Å²) in [5.41, 5.74) is 2.08. The van der Waals surface area contributed by atoms with Gasteiger partial charge in [0, 0.05) is 5.69 Å². The summed E-state index contributed by atoms with van der Waals surface area (Å²) in [6.45, 7) is 5.19. The SMILES string of the molecule is CCC1CCNC(C(=O)Nc2ccc(C)cc2)C1. The van der Waals surface area contributed by atoms with Crippen molar-refractivity contribution in [2.45, 2.75) is 39.2 Å². The number of amides is 1. The molecule has 1 aliphatic rings. The van der Waals surface area contributed by atoms with Gasteiger partial charge in [-0.2, -0.15) is 0 Å². The van der Waals surface area contributed by atoms with Gasteiger partial charge in [-0.25, -0.2) is 0 Å². The number of piperidine rings is 1. The molecule has 0 radical (unpaired) electrons. The first-order valence-corrected chi connectivity index (χ1v) is 6.80. The lowest BCUT2D eigenvalue weighted by Crippen LogP contribution is -2.46. The molecule has 0 saturated carbocycles. The fraction of sp³-hybridized carbons (Fsp3) is 0.533. The van der Waals surface area contributed by atoms with Crippen LogP contribution in [-0.2, 0) is 4.79 Å². The maximum atomic E-state index is 12.1. The molecular formula is C15H22N2O. The number of hydrogen-bond acceptors (Lipinski definition) is 2. The number of anilines is 1. The molecule has 1 aromatic rings. The molecule has 0 aromatic heterocycles. The van der Waals surface area contributed by atoms with Crippen molar-refractivity contribution in [2.75, 3.05) is 11.9 Å². The van der Waals surface area contributed by atoms with Gasteiger partial charge in [0.25, 0.3) is 0 Å². The van der Waals surface area contributed by atoms with Crippen LogP contribution in [0.1, 0.15) is 31.7 Å². The van der Waals surface area contributed by atoms with Gasteiger partial charge in [-0.3, -0.25) is 4.79 Å². The number of benzene rings is 1. The van der Waals surface area contributed by atoms with E-state index in [1.807, 2.05) is 31.2 Å². The third-order valence-electron chi connectivity index (χ3n) is 3.73. The molecule has 1 aliphatic heterocycles. The van der Waals surface area contributed by atoms with Crippen molar-refractivity contribution >= 4 is 11.6 Å². The van der Waals surface area contributed by atoms with Crippen LogP contribution in [0, 0.1) is 12.8 Å². The van der Waals surface area contributed by atoms with E-state index in [1.54, 1.807) is 0 Å². The Morgan fingerprint density at radius 2 is 2.11 bits per heavy atom. The molecule has 1 heterocycles. The second-order valence-corrected chi connectivity index (χ2v) is 5.16. The highest BCUT2D eigenvalue weighted by atomic mass is 16.2. The minimum Gasteiger partial charge on any atom is -0.325 e. The Hall–Kier alpha value is -1.35. The summed E-state index contributed by atoms with van der Waals surface area (Å²) in [6.07, 6.45) is 3.30. The molecule has 18 heavy (non-hydrogen) atoms. The van der Waals surface area contributed by atoms with E-state index in [4.69, 9.17) is 0 Å². The van der Waals surface area contributed by atoms with Crippen molar-refractivity contribution < 1.29 is 4.79 Å². The van der Waals surface area contributed by atoms with E-state index in [0.717, 1.165) is 25.1 Å².